The molecule has 6 heteroatoms. The molecule has 0 saturated heterocycles. The Morgan fingerprint density at radius 3 is 2.52 bits per heavy atom. The summed E-state index contributed by atoms with van der Waals surface area (Å²) in [5.41, 5.74) is 7.74. The quantitative estimate of drug-likeness (QED) is 0.848. The van der Waals surface area contributed by atoms with Crippen molar-refractivity contribution in [2.75, 3.05) is 5.73 Å². The molecule has 0 amide bonds. The van der Waals surface area contributed by atoms with Gasteiger partial charge in [-0.1, -0.05) is 23.7 Å². The molecule has 2 aromatic rings. The number of halogens is 1. The first-order chi connectivity index (χ1) is 9.79. The van der Waals surface area contributed by atoms with Gasteiger partial charge < -0.3 is 5.73 Å². The lowest BCUT2D eigenvalue weighted by Crippen LogP contribution is -2.27. The van der Waals surface area contributed by atoms with Crippen LogP contribution < -0.4 is 10.5 Å². The third kappa shape index (κ3) is 3.75. The van der Waals surface area contributed by atoms with Crippen LogP contribution in [-0.2, 0) is 10.0 Å². The van der Waals surface area contributed by atoms with Gasteiger partial charge in [0.1, 0.15) is 0 Å². The third-order valence-corrected chi connectivity index (χ3v) is 5.11. The predicted octanol–water partition coefficient (Wildman–Crippen LogP) is 3.27. The minimum absolute atomic E-state index is 0.225. The Labute approximate surface area is 130 Å². The number of nitrogens with two attached hydrogens (primary N) is 1. The molecular formula is C15H17ClN2O2S. The Hall–Kier alpha value is -1.56. The SMILES string of the molecule is Cc1cc(Cl)ccc1S(=O)(=O)NC(C)c1cccc(N)c1. The van der Waals surface area contributed by atoms with E-state index in [2.05, 4.69) is 4.72 Å². The number of sulfonamides is 1. The fourth-order valence-corrected chi connectivity index (χ4v) is 3.79. The first-order valence-electron chi connectivity index (χ1n) is 6.43. The van der Waals surface area contributed by atoms with Gasteiger partial charge in [-0.05, 0) is 55.3 Å². The Morgan fingerprint density at radius 2 is 1.90 bits per heavy atom. The minimum Gasteiger partial charge on any atom is -0.399 e. The molecule has 2 aromatic carbocycles. The summed E-state index contributed by atoms with van der Waals surface area (Å²) >= 11 is 5.86. The molecule has 3 N–H and O–H groups in total. The topological polar surface area (TPSA) is 72.2 Å². The third-order valence-electron chi connectivity index (χ3n) is 3.17. The summed E-state index contributed by atoms with van der Waals surface area (Å²) in [7, 11) is -3.62. The first-order valence-corrected chi connectivity index (χ1v) is 8.29. The highest BCUT2D eigenvalue weighted by atomic mass is 35.5. The molecule has 0 aliphatic rings. The van der Waals surface area contributed by atoms with Gasteiger partial charge in [-0.3, -0.25) is 0 Å². The summed E-state index contributed by atoms with van der Waals surface area (Å²) < 4.78 is 27.5. The molecule has 2 rings (SSSR count). The van der Waals surface area contributed by atoms with E-state index in [0.717, 1.165) is 5.56 Å². The Kier molecular flexibility index (Phi) is 4.56. The van der Waals surface area contributed by atoms with E-state index in [1.165, 1.54) is 6.07 Å². The maximum absolute atomic E-state index is 12.4. The summed E-state index contributed by atoms with van der Waals surface area (Å²) in [6.45, 7) is 3.49. The average Bonchev–Trinajstić information content (AvgIpc) is 2.37. The maximum atomic E-state index is 12.4. The molecule has 112 valence electrons. The second-order valence-electron chi connectivity index (χ2n) is 4.92. The van der Waals surface area contributed by atoms with E-state index >= 15 is 0 Å². The summed E-state index contributed by atoms with van der Waals surface area (Å²) in [5.74, 6) is 0. The number of nitrogen functional groups attached to an aromatic ring is 1. The number of nitrogens with one attached hydrogen (secondary N) is 1. The van der Waals surface area contributed by atoms with Gasteiger partial charge in [-0.25, -0.2) is 13.1 Å². The van der Waals surface area contributed by atoms with Crippen LogP contribution in [0.1, 0.15) is 24.1 Å². The van der Waals surface area contributed by atoms with Crippen LogP contribution in [0.25, 0.3) is 0 Å². The lowest BCUT2D eigenvalue weighted by Gasteiger charge is -2.16. The van der Waals surface area contributed by atoms with Gasteiger partial charge in [0.05, 0.1) is 4.90 Å². The minimum atomic E-state index is -3.62. The number of hydrogen-bond donors (Lipinski definition) is 2. The molecule has 0 radical (unpaired) electrons. The standard InChI is InChI=1S/C15H17ClN2O2S/c1-10-8-13(16)6-7-15(10)21(19,20)18-11(2)12-4-3-5-14(17)9-12/h3-9,11,18H,17H2,1-2H3. The summed E-state index contributed by atoms with van der Waals surface area (Å²) in [5, 5.41) is 0.510. The fraction of sp³-hybridized carbons (Fsp3) is 0.200. The van der Waals surface area contributed by atoms with E-state index in [9.17, 15) is 8.42 Å². The van der Waals surface area contributed by atoms with Crippen LogP contribution in [0.3, 0.4) is 0 Å². The molecule has 0 aliphatic heterocycles. The molecule has 0 fully saturated rings. The largest absolute Gasteiger partial charge is 0.399 e. The van der Waals surface area contributed by atoms with E-state index < -0.39 is 10.0 Å². The number of hydrogen-bond acceptors (Lipinski definition) is 3. The van der Waals surface area contributed by atoms with Crippen molar-refractivity contribution in [2.24, 2.45) is 0 Å². The zero-order valence-electron chi connectivity index (χ0n) is 11.8. The van der Waals surface area contributed by atoms with Crippen LogP contribution >= 0.6 is 11.6 Å². The zero-order valence-corrected chi connectivity index (χ0v) is 13.4. The average molecular weight is 325 g/mol. The van der Waals surface area contributed by atoms with Gasteiger partial charge in [0.15, 0.2) is 0 Å². The lowest BCUT2D eigenvalue weighted by atomic mass is 10.1. The highest BCUT2D eigenvalue weighted by molar-refractivity contribution is 7.89. The molecule has 21 heavy (non-hydrogen) atoms. The molecule has 0 heterocycles. The predicted molar refractivity (Wildman–Crippen MR) is 85.8 cm³/mol. The summed E-state index contributed by atoms with van der Waals surface area (Å²) in [4.78, 5) is 0.225. The Balaban J connectivity index is 2.29. The van der Waals surface area contributed by atoms with Crippen LogP contribution in [0, 0.1) is 6.92 Å². The zero-order chi connectivity index (χ0) is 15.6. The van der Waals surface area contributed by atoms with Gasteiger partial charge in [0, 0.05) is 16.8 Å². The monoisotopic (exact) mass is 324 g/mol. The van der Waals surface area contributed by atoms with Crippen molar-refractivity contribution >= 4 is 27.3 Å². The van der Waals surface area contributed by atoms with E-state index in [1.54, 1.807) is 44.2 Å². The molecule has 0 bridgehead atoms. The van der Waals surface area contributed by atoms with Gasteiger partial charge in [-0.15, -0.1) is 0 Å². The van der Waals surface area contributed by atoms with E-state index in [4.69, 9.17) is 17.3 Å². The van der Waals surface area contributed by atoms with E-state index in [-0.39, 0.29) is 10.9 Å². The van der Waals surface area contributed by atoms with Crippen LogP contribution in [0.5, 0.6) is 0 Å². The second kappa shape index (κ2) is 6.05. The normalized spacial score (nSPS) is 13.1. The molecule has 0 aliphatic carbocycles. The van der Waals surface area contributed by atoms with E-state index in [1.807, 2.05) is 6.07 Å². The molecule has 1 unspecified atom stereocenters. The number of benzene rings is 2. The second-order valence-corrected chi connectivity index (χ2v) is 7.04. The molecule has 0 saturated carbocycles. The fourth-order valence-electron chi connectivity index (χ4n) is 2.11. The van der Waals surface area contributed by atoms with Crippen LogP contribution in [0.15, 0.2) is 47.4 Å². The molecule has 0 spiro atoms. The smallest absolute Gasteiger partial charge is 0.241 e. The maximum Gasteiger partial charge on any atom is 0.241 e. The Bertz CT molecular complexity index is 760. The van der Waals surface area contributed by atoms with Crippen molar-refractivity contribution in [1.29, 1.82) is 0 Å². The van der Waals surface area contributed by atoms with Gasteiger partial charge in [0.2, 0.25) is 10.0 Å². The van der Waals surface area contributed by atoms with Gasteiger partial charge in [0.25, 0.3) is 0 Å². The number of anilines is 1. The van der Waals surface area contributed by atoms with Crippen molar-refractivity contribution < 1.29 is 8.42 Å². The van der Waals surface area contributed by atoms with Crippen LogP contribution in [0.2, 0.25) is 5.02 Å². The molecule has 4 nitrogen and oxygen atoms in total. The number of aryl methyl sites for hydroxylation is 1. The van der Waals surface area contributed by atoms with Crippen LogP contribution in [-0.4, -0.2) is 8.42 Å². The summed E-state index contributed by atoms with van der Waals surface area (Å²) in [6, 6.07) is 11.5. The van der Waals surface area contributed by atoms with Gasteiger partial charge >= 0.3 is 0 Å². The van der Waals surface area contributed by atoms with Crippen LogP contribution in [0.4, 0.5) is 5.69 Å². The van der Waals surface area contributed by atoms with Crippen molar-refractivity contribution in [2.45, 2.75) is 24.8 Å². The number of rotatable bonds is 4. The van der Waals surface area contributed by atoms with E-state index in [0.29, 0.717) is 16.3 Å². The van der Waals surface area contributed by atoms with Gasteiger partial charge in [-0.2, -0.15) is 0 Å². The Morgan fingerprint density at radius 1 is 1.19 bits per heavy atom. The highest BCUT2D eigenvalue weighted by Gasteiger charge is 2.20. The molecular weight excluding hydrogens is 308 g/mol. The first kappa shape index (κ1) is 15.8. The highest BCUT2D eigenvalue weighted by Crippen LogP contribution is 2.22. The van der Waals surface area contributed by atoms with Crippen molar-refractivity contribution in [3.63, 3.8) is 0 Å². The molecule has 1 atom stereocenters. The van der Waals surface area contributed by atoms with Crippen molar-refractivity contribution in [3.8, 4) is 0 Å². The summed E-state index contributed by atoms with van der Waals surface area (Å²) in [6.07, 6.45) is 0. The van der Waals surface area contributed by atoms with Crippen molar-refractivity contribution in [1.82, 2.24) is 4.72 Å². The lowest BCUT2D eigenvalue weighted by molar-refractivity contribution is 0.566. The molecule has 0 aromatic heterocycles. The van der Waals surface area contributed by atoms with Crippen molar-refractivity contribution in [3.05, 3.63) is 58.6 Å².